The summed E-state index contributed by atoms with van der Waals surface area (Å²) >= 11 is 6.97. The van der Waals surface area contributed by atoms with E-state index in [1.54, 1.807) is 4.68 Å². The number of halogens is 2. The highest BCUT2D eigenvalue weighted by Crippen LogP contribution is 2.37. The number of benzene rings is 1. The first-order valence-electron chi connectivity index (χ1n) is 6.66. The molecule has 1 aliphatic carbocycles. The van der Waals surface area contributed by atoms with E-state index in [0.717, 1.165) is 38.9 Å². The Morgan fingerprint density at radius 3 is 2.50 bits per heavy atom. The number of nitrogens with two attached hydrogens (primary N) is 2. The van der Waals surface area contributed by atoms with Crippen molar-refractivity contribution >= 4 is 37.7 Å². The molecule has 3 rings (SSSR count). The Morgan fingerprint density at radius 1 is 1.15 bits per heavy atom. The molecule has 0 atom stereocenters. The highest BCUT2D eigenvalue weighted by Gasteiger charge is 2.25. The minimum Gasteiger partial charge on any atom is -0.382 e. The predicted octanol–water partition coefficient (Wildman–Crippen LogP) is 4.03. The van der Waals surface area contributed by atoms with Crippen LogP contribution in [0.5, 0.6) is 0 Å². The van der Waals surface area contributed by atoms with E-state index in [-0.39, 0.29) is 0 Å². The zero-order valence-corrected chi connectivity index (χ0v) is 14.1. The maximum atomic E-state index is 6.14. The molecule has 0 spiro atoms. The Kier molecular flexibility index (Phi) is 3.77. The fraction of sp³-hybridized carbons (Fsp3) is 0.357. The van der Waals surface area contributed by atoms with Crippen LogP contribution in [-0.2, 0) is 0 Å². The van der Waals surface area contributed by atoms with Gasteiger partial charge in [-0.1, -0.05) is 18.9 Å². The van der Waals surface area contributed by atoms with Crippen molar-refractivity contribution in [2.45, 2.75) is 31.6 Å². The molecule has 4 N–H and O–H groups in total. The number of nitrogen functional groups attached to an aromatic ring is 2. The Hall–Kier alpha value is -1.01. The lowest BCUT2D eigenvalue weighted by atomic mass is 10.1. The second kappa shape index (κ2) is 5.41. The van der Waals surface area contributed by atoms with Crippen LogP contribution in [0.3, 0.4) is 0 Å². The number of hydrogen-bond donors (Lipinski definition) is 2. The van der Waals surface area contributed by atoms with Crippen LogP contribution >= 0.6 is 31.9 Å². The summed E-state index contributed by atoms with van der Waals surface area (Å²) < 4.78 is 3.53. The van der Waals surface area contributed by atoms with Crippen LogP contribution in [0, 0.1) is 0 Å². The van der Waals surface area contributed by atoms with Crippen molar-refractivity contribution in [2.75, 3.05) is 11.6 Å². The van der Waals surface area contributed by atoms with E-state index < -0.39 is 0 Å². The van der Waals surface area contributed by atoms with Crippen molar-refractivity contribution in [2.24, 2.45) is 0 Å². The average molecular weight is 400 g/mol. The number of hydrogen-bond acceptors (Lipinski definition) is 3. The van der Waals surface area contributed by atoms with Gasteiger partial charge in [-0.15, -0.1) is 0 Å². The summed E-state index contributed by atoms with van der Waals surface area (Å²) in [4.78, 5) is 4.71. The van der Waals surface area contributed by atoms with Crippen LogP contribution in [0.1, 0.15) is 37.4 Å². The van der Waals surface area contributed by atoms with Gasteiger partial charge in [-0.2, -0.15) is 0 Å². The summed E-state index contributed by atoms with van der Waals surface area (Å²) in [6.07, 6.45) is 4.79. The van der Waals surface area contributed by atoms with Gasteiger partial charge in [0, 0.05) is 20.4 Å². The van der Waals surface area contributed by atoms with E-state index in [9.17, 15) is 0 Å². The summed E-state index contributed by atoms with van der Waals surface area (Å²) in [5.74, 6) is 7.98. The smallest absolute Gasteiger partial charge is 0.150 e. The van der Waals surface area contributed by atoms with Gasteiger partial charge in [-0.3, -0.25) is 0 Å². The zero-order chi connectivity index (χ0) is 14.3. The molecule has 0 amide bonds. The van der Waals surface area contributed by atoms with E-state index in [0.29, 0.717) is 11.7 Å². The van der Waals surface area contributed by atoms with E-state index in [4.69, 9.17) is 16.6 Å². The van der Waals surface area contributed by atoms with Gasteiger partial charge in [-0.05, 0) is 56.8 Å². The van der Waals surface area contributed by atoms with Crippen LogP contribution < -0.4 is 11.6 Å². The molecule has 20 heavy (non-hydrogen) atoms. The van der Waals surface area contributed by atoms with Crippen molar-refractivity contribution in [3.63, 3.8) is 0 Å². The fourth-order valence-corrected chi connectivity index (χ4v) is 3.42. The predicted molar refractivity (Wildman–Crippen MR) is 88.8 cm³/mol. The zero-order valence-electron chi connectivity index (χ0n) is 10.9. The van der Waals surface area contributed by atoms with Crippen molar-refractivity contribution < 1.29 is 0 Å². The number of nitrogens with zero attached hydrogens (tertiary/aromatic N) is 2. The maximum Gasteiger partial charge on any atom is 0.150 e. The molecule has 106 valence electrons. The molecule has 1 aromatic heterocycles. The third-order valence-electron chi connectivity index (χ3n) is 3.89. The van der Waals surface area contributed by atoms with Gasteiger partial charge in [0.25, 0.3) is 0 Å². The van der Waals surface area contributed by atoms with Gasteiger partial charge < -0.3 is 11.6 Å². The molecule has 0 saturated heterocycles. The fourth-order valence-electron chi connectivity index (χ4n) is 2.79. The molecule has 1 fully saturated rings. The van der Waals surface area contributed by atoms with Gasteiger partial charge in [-0.25, -0.2) is 9.66 Å². The minimum atomic E-state index is 0.440. The first kappa shape index (κ1) is 13.9. The average Bonchev–Trinajstić information content (AvgIpc) is 3.04. The Morgan fingerprint density at radius 2 is 1.85 bits per heavy atom. The van der Waals surface area contributed by atoms with Gasteiger partial charge in [0.2, 0.25) is 0 Å². The van der Waals surface area contributed by atoms with Crippen molar-refractivity contribution in [3.05, 3.63) is 33.0 Å². The van der Waals surface area contributed by atoms with Gasteiger partial charge >= 0.3 is 0 Å². The topological polar surface area (TPSA) is 69.9 Å². The summed E-state index contributed by atoms with van der Waals surface area (Å²) in [5, 5.41) is 0. The minimum absolute atomic E-state index is 0.440. The highest BCUT2D eigenvalue weighted by molar-refractivity contribution is 9.13. The SMILES string of the molecule is Nc1c(-c2ccc(Br)c(Br)c2)nc(C2CCCC2)n1N. The van der Waals surface area contributed by atoms with Gasteiger partial charge in [0.05, 0.1) is 0 Å². The molecule has 2 aromatic rings. The van der Waals surface area contributed by atoms with Crippen LogP contribution in [0.25, 0.3) is 11.3 Å². The molecule has 6 heteroatoms. The highest BCUT2D eigenvalue weighted by atomic mass is 79.9. The third kappa shape index (κ3) is 2.35. The van der Waals surface area contributed by atoms with E-state index in [1.807, 2.05) is 18.2 Å². The molecule has 0 radical (unpaired) electrons. The normalized spacial score (nSPS) is 15.9. The molecule has 4 nitrogen and oxygen atoms in total. The van der Waals surface area contributed by atoms with Crippen molar-refractivity contribution in [1.82, 2.24) is 9.66 Å². The first-order valence-corrected chi connectivity index (χ1v) is 8.25. The molecule has 0 bridgehead atoms. The number of aromatic nitrogens is 2. The molecule has 0 aliphatic heterocycles. The second-order valence-electron chi connectivity index (χ2n) is 5.18. The molecule has 1 saturated carbocycles. The monoisotopic (exact) mass is 398 g/mol. The standard InChI is InChI=1S/C14H16Br2N4/c15-10-6-5-9(7-11(10)16)12-13(17)20(18)14(19-12)8-3-1-2-4-8/h5-8H,1-4,17-18H2. The van der Waals surface area contributed by atoms with E-state index >= 15 is 0 Å². The summed E-state index contributed by atoms with van der Waals surface area (Å²) in [6, 6.07) is 5.97. The lowest BCUT2D eigenvalue weighted by molar-refractivity contribution is 0.648. The van der Waals surface area contributed by atoms with Crippen molar-refractivity contribution in [1.29, 1.82) is 0 Å². The van der Waals surface area contributed by atoms with Crippen LogP contribution in [0.15, 0.2) is 27.1 Å². The Balaban J connectivity index is 2.05. The van der Waals surface area contributed by atoms with Gasteiger partial charge in [0.15, 0.2) is 5.82 Å². The number of rotatable bonds is 2. The van der Waals surface area contributed by atoms with E-state index in [1.165, 1.54) is 12.8 Å². The Bertz CT molecular complexity index is 645. The third-order valence-corrected chi connectivity index (χ3v) is 5.77. The van der Waals surface area contributed by atoms with E-state index in [2.05, 4.69) is 31.9 Å². The molecule has 1 aliphatic rings. The summed E-state index contributed by atoms with van der Waals surface area (Å²) in [5.41, 5.74) is 7.88. The first-order chi connectivity index (χ1) is 9.58. The van der Waals surface area contributed by atoms with Crippen LogP contribution in [0.2, 0.25) is 0 Å². The molecule has 0 unspecified atom stereocenters. The summed E-state index contributed by atoms with van der Waals surface area (Å²) in [6.45, 7) is 0. The summed E-state index contributed by atoms with van der Waals surface area (Å²) in [7, 11) is 0. The number of anilines is 1. The maximum absolute atomic E-state index is 6.14. The number of imidazole rings is 1. The Labute approximate surface area is 134 Å². The quantitative estimate of drug-likeness (QED) is 0.749. The van der Waals surface area contributed by atoms with Crippen LogP contribution in [-0.4, -0.2) is 9.66 Å². The van der Waals surface area contributed by atoms with Crippen molar-refractivity contribution in [3.8, 4) is 11.3 Å². The van der Waals surface area contributed by atoms with Gasteiger partial charge in [0.1, 0.15) is 11.5 Å². The molecular formula is C14H16Br2N4. The largest absolute Gasteiger partial charge is 0.382 e. The second-order valence-corrected chi connectivity index (χ2v) is 6.89. The van der Waals surface area contributed by atoms with Crippen LogP contribution in [0.4, 0.5) is 5.82 Å². The molecule has 1 aromatic carbocycles. The lowest BCUT2D eigenvalue weighted by Gasteiger charge is -2.08. The lowest BCUT2D eigenvalue weighted by Crippen LogP contribution is -2.17. The molecular weight excluding hydrogens is 384 g/mol. The molecule has 1 heterocycles.